The minimum atomic E-state index is -0.912. The van der Waals surface area contributed by atoms with Gasteiger partial charge in [0.1, 0.15) is 0 Å². The first-order valence-electron chi connectivity index (χ1n) is 6.60. The van der Waals surface area contributed by atoms with Crippen molar-refractivity contribution in [3.8, 4) is 0 Å². The molecule has 1 atom stereocenters. The van der Waals surface area contributed by atoms with Crippen LogP contribution in [0.15, 0.2) is 23.1 Å². The predicted octanol–water partition coefficient (Wildman–Crippen LogP) is 1.25. The van der Waals surface area contributed by atoms with Gasteiger partial charge in [0.05, 0.1) is 25.1 Å². The number of hydrogen-bond acceptors (Lipinski definition) is 6. The predicted molar refractivity (Wildman–Crippen MR) is 80.2 cm³/mol. The Hall–Kier alpha value is -2.22. The Morgan fingerprint density at radius 3 is 2.91 bits per heavy atom. The SMILES string of the molecule is COC(=O)C1CN(c2ccc3c(c2)SCC(=O)N3C)C(=O)O1. The number of thioether (sulfide) groups is 1. The molecule has 0 bridgehead atoms. The van der Waals surface area contributed by atoms with E-state index in [1.165, 1.54) is 23.8 Å². The summed E-state index contributed by atoms with van der Waals surface area (Å²) in [4.78, 5) is 38.9. The molecule has 3 rings (SSSR count). The molecule has 1 aromatic rings. The molecule has 1 unspecified atom stereocenters. The highest BCUT2D eigenvalue weighted by Gasteiger charge is 2.38. The average molecular weight is 322 g/mol. The maximum absolute atomic E-state index is 11.9. The van der Waals surface area contributed by atoms with Crippen LogP contribution in [-0.2, 0) is 19.1 Å². The van der Waals surface area contributed by atoms with Crippen molar-refractivity contribution in [2.24, 2.45) is 0 Å². The van der Waals surface area contributed by atoms with Crippen molar-refractivity contribution < 1.29 is 23.9 Å². The normalized spacial score (nSPS) is 20.7. The number of carbonyl (C=O) groups excluding carboxylic acids is 3. The molecule has 2 aliphatic heterocycles. The second-order valence-corrected chi connectivity index (χ2v) is 5.92. The average Bonchev–Trinajstić information content (AvgIpc) is 2.92. The Kier molecular flexibility index (Phi) is 3.69. The lowest BCUT2D eigenvalue weighted by molar-refractivity contribution is -0.148. The van der Waals surface area contributed by atoms with E-state index < -0.39 is 18.2 Å². The molecule has 2 amide bonds. The molecule has 0 radical (unpaired) electrons. The maximum Gasteiger partial charge on any atom is 0.415 e. The molecule has 0 N–H and O–H groups in total. The first-order valence-corrected chi connectivity index (χ1v) is 7.59. The minimum Gasteiger partial charge on any atom is -0.466 e. The topological polar surface area (TPSA) is 76.2 Å². The van der Waals surface area contributed by atoms with Gasteiger partial charge in [-0.05, 0) is 18.2 Å². The molecule has 22 heavy (non-hydrogen) atoms. The smallest absolute Gasteiger partial charge is 0.415 e. The van der Waals surface area contributed by atoms with Crippen LogP contribution >= 0.6 is 11.8 Å². The van der Waals surface area contributed by atoms with Crippen LogP contribution in [-0.4, -0.2) is 50.5 Å². The number of carbonyl (C=O) groups is 3. The van der Waals surface area contributed by atoms with Crippen molar-refractivity contribution in [1.82, 2.24) is 0 Å². The zero-order valence-corrected chi connectivity index (χ0v) is 12.9. The van der Waals surface area contributed by atoms with E-state index in [0.717, 1.165) is 10.6 Å². The monoisotopic (exact) mass is 322 g/mol. The van der Waals surface area contributed by atoms with Crippen molar-refractivity contribution in [1.29, 1.82) is 0 Å². The number of cyclic esters (lactones) is 1. The van der Waals surface area contributed by atoms with E-state index in [1.807, 2.05) is 6.07 Å². The fraction of sp³-hybridized carbons (Fsp3) is 0.357. The van der Waals surface area contributed by atoms with E-state index in [1.54, 1.807) is 24.1 Å². The summed E-state index contributed by atoms with van der Waals surface area (Å²) in [6.07, 6.45) is -1.49. The number of hydrogen-bond donors (Lipinski definition) is 0. The summed E-state index contributed by atoms with van der Waals surface area (Å²) in [5, 5.41) is 0. The number of rotatable bonds is 2. The second-order valence-electron chi connectivity index (χ2n) is 4.90. The number of amides is 2. The lowest BCUT2D eigenvalue weighted by atomic mass is 10.2. The number of fused-ring (bicyclic) bond motifs is 1. The van der Waals surface area contributed by atoms with E-state index in [9.17, 15) is 14.4 Å². The first-order chi connectivity index (χ1) is 10.5. The molecular formula is C14H14N2O5S. The van der Waals surface area contributed by atoms with Crippen molar-refractivity contribution in [3.05, 3.63) is 18.2 Å². The van der Waals surface area contributed by atoms with Gasteiger partial charge in [-0.2, -0.15) is 0 Å². The Morgan fingerprint density at radius 1 is 1.41 bits per heavy atom. The summed E-state index contributed by atoms with van der Waals surface area (Å²) in [5.74, 6) is -0.174. The van der Waals surface area contributed by atoms with Crippen molar-refractivity contribution in [2.45, 2.75) is 11.0 Å². The third-order valence-electron chi connectivity index (χ3n) is 3.62. The third kappa shape index (κ3) is 2.39. The van der Waals surface area contributed by atoms with Gasteiger partial charge < -0.3 is 14.4 Å². The van der Waals surface area contributed by atoms with Gasteiger partial charge in [0, 0.05) is 17.6 Å². The summed E-state index contributed by atoms with van der Waals surface area (Å²) >= 11 is 1.42. The number of ether oxygens (including phenoxy) is 2. The third-order valence-corrected chi connectivity index (χ3v) is 4.65. The van der Waals surface area contributed by atoms with E-state index in [2.05, 4.69) is 4.74 Å². The molecule has 0 aliphatic carbocycles. The standard InChI is InChI=1S/C14H14N2O5S/c1-15-9-4-3-8(5-11(9)22-7-12(15)17)16-6-10(13(18)20-2)21-14(16)19/h3-5,10H,6-7H2,1-2H3. The quantitative estimate of drug-likeness (QED) is 0.763. The zero-order chi connectivity index (χ0) is 15.9. The number of methoxy groups -OCH3 is 1. The van der Waals surface area contributed by atoms with Crippen LogP contribution in [0.5, 0.6) is 0 Å². The van der Waals surface area contributed by atoms with Gasteiger partial charge in [-0.15, -0.1) is 11.8 Å². The van der Waals surface area contributed by atoms with Crippen LogP contribution in [0.25, 0.3) is 0 Å². The van der Waals surface area contributed by atoms with Gasteiger partial charge in [0.15, 0.2) is 0 Å². The van der Waals surface area contributed by atoms with Gasteiger partial charge in [0.25, 0.3) is 0 Å². The van der Waals surface area contributed by atoms with E-state index in [0.29, 0.717) is 11.4 Å². The molecular weight excluding hydrogens is 308 g/mol. The van der Waals surface area contributed by atoms with Gasteiger partial charge in [0.2, 0.25) is 12.0 Å². The van der Waals surface area contributed by atoms with E-state index in [4.69, 9.17) is 4.74 Å². The first kappa shape index (κ1) is 14.7. The Labute approximate surface area is 131 Å². The molecule has 1 fully saturated rings. The van der Waals surface area contributed by atoms with Crippen LogP contribution in [0.1, 0.15) is 0 Å². The molecule has 1 saturated heterocycles. The molecule has 1 aromatic carbocycles. The molecule has 8 heteroatoms. The molecule has 0 spiro atoms. The fourth-order valence-corrected chi connectivity index (χ4v) is 3.39. The molecule has 0 aromatic heterocycles. The number of nitrogens with zero attached hydrogens (tertiary/aromatic N) is 2. The zero-order valence-electron chi connectivity index (χ0n) is 12.1. The Bertz CT molecular complexity index is 663. The van der Waals surface area contributed by atoms with Gasteiger partial charge in [-0.25, -0.2) is 9.59 Å². The number of benzene rings is 1. The summed E-state index contributed by atoms with van der Waals surface area (Å²) in [7, 11) is 2.97. The molecule has 7 nitrogen and oxygen atoms in total. The lowest BCUT2D eigenvalue weighted by Gasteiger charge is -2.26. The Morgan fingerprint density at radius 2 is 2.18 bits per heavy atom. The van der Waals surface area contributed by atoms with Crippen molar-refractivity contribution >= 4 is 41.1 Å². The van der Waals surface area contributed by atoms with Gasteiger partial charge in [-0.1, -0.05) is 0 Å². The summed E-state index contributed by atoms with van der Waals surface area (Å²) in [5.41, 5.74) is 1.44. The molecule has 2 aliphatic rings. The van der Waals surface area contributed by atoms with Gasteiger partial charge >= 0.3 is 12.1 Å². The maximum atomic E-state index is 11.9. The Balaban J connectivity index is 1.86. The summed E-state index contributed by atoms with van der Waals surface area (Å²) in [6.45, 7) is 0.115. The van der Waals surface area contributed by atoms with Crippen molar-refractivity contribution in [2.75, 3.05) is 36.3 Å². The van der Waals surface area contributed by atoms with Crippen molar-refractivity contribution in [3.63, 3.8) is 0 Å². The van der Waals surface area contributed by atoms with Gasteiger partial charge in [-0.3, -0.25) is 9.69 Å². The molecule has 116 valence electrons. The minimum absolute atomic E-state index is 0.0385. The van der Waals surface area contributed by atoms with E-state index >= 15 is 0 Å². The second kappa shape index (κ2) is 5.53. The van der Waals surface area contributed by atoms with Crippen LogP contribution in [0, 0.1) is 0 Å². The van der Waals surface area contributed by atoms with Crippen LogP contribution in [0.3, 0.4) is 0 Å². The van der Waals surface area contributed by atoms with Crippen LogP contribution < -0.4 is 9.80 Å². The van der Waals surface area contributed by atoms with E-state index in [-0.39, 0.29) is 12.5 Å². The number of anilines is 2. The summed E-state index contributed by atoms with van der Waals surface area (Å²) < 4.78 is 9.60. The molecule has 0 saturated carbocycles. The summed E-state index contributed by atoms with van der Waals surface area (Å²) in [6, 6.07) is 5.34. The van der Waals surface area contributed by atoms with Crippen LogP contribution in [0.4, 0.5) is 16.2 Å². The fourth-order valence-electron chi connectivity index (χ4n) is 2.36. The van der Waals surface area contributed by atoms with Crippen LogP contribution in [0.2, 0.25) is 0 Å². The number of esters is 1. The highest BCUT2D eigenvalue weighted by Crippen LogP contribution is 2.38. The lowest BCUT2D eigenvalue weighted by Crippen LogP contribution is -2.32. The largest absolute Gasteiger partial charge is 0.466 e. The highest BCUT2D eigenvalue weighted by atomic mass is 32.2. The highest BCUT2D eigenvalue weighted by molar-refractivity contribution is 8.00. The molecule has 2 heterocycles.